The van der Waals surface area contributed by atoms with E-state index in [9.17, 15) is 8.78 Å². The summed E-state index contributed by atoms with van der Waals surface area (Å²) in [6.45, 7) is 1.89. The molecule has 1 saturated heterocycles. The lowest BCUT2D eigenvalue weighted by molar-refractivity contribution is 0.116. The van der Waals surface area contributed by atoms with Crippen molar-refractivity contribution in [1.29, 1.82) is 0 Å². The van der Waals surface area contributed by atoms with Crippen molar-refractivity contribution >= 4 is 0 Å². The summed E-state index contributed by atoms with van der Waals surface area (Å²) in [7, 11) is 2.09. The average Bonchev–Trinajstić information content (AvgIpc) is 2.98. The number of piperidine rings is 1. The highest BCUT2D eigenvalue weighted by Crippen LogP contribution is 2.37. The summed E-state index contributed by atoms with van der Waals surface area (Å²) in [5, 5.41) is 2.98. The predicted molar refractivity (Wildman–Crippen MR) is 60.7 cm³/mol. The molecule has 2 atom stereocenters. The molecule has 0 aromatic carbocycles. The Morgan fingerprint density at radius 1 is 1.25 bits per heavy atom. The Labute approximate surface area is 96.4 Å². The number of alkyl halides is 2. The number of likely N-dealkylation sites (tertiary alicyclic amines) is 1. The molecule has 1 N–H and O–H groups in total. The summed E-state index contributed by atoms with van der Waals surface area (Å²) < 4.78 is 24.3. The van der Waals surface area contributed by atoms with Crippen molar-refractivity contribution in [3.8, 4) is 0 Å². The van der Waals surface area contributed by atoms with Gasteiger partial charge in [-0.15, -0.1) is 0 Å². The smallest absolute Gasteiger partial charge is 0.250 e. The Kier molecular flexibility index (Phi) is 4.14. The van der Waals surface area contributed by atoms with Crippen molar-refractivity contribution in [2.45, 2.75) is 38.2 Å². The van der Waals surface area contributed by atoms with E-state index in [1.54, 1.807) is 0 Å². The van der Waals surface area contributed by atoms with E-state index in [2.05, 4.69) is 17.3 Å². The molecule has 16 heavy (non-hydrogen) atoms. The number of hydrogen-bond donors (Lipinski definition) is 1. The molecule has 1 aliphatic heterocycles. The molecule has 2 rings (SSSR count). The maximum absolute atomic E-state index is 12.1. The van der Waals surface area contributed by atoms with E-state index in [1.807, 2.05) is 0 Å². The summed E-state index contributed by atoms with van der Waals surface area (Å²) in [6.07, 6.45) is 2.92. The molecule has 0 amide bonds. The lowest BCUT2D eigenvalue weighted by Gasteiger charge is -2.36. The predicted octanol–water partition coefficient (Wildman–Crippen LogP) is 1.96. The third-order valence-electron chi connectivity index (χ3n) is 3.64. The number of nitrogens with one attached hydrogen (secondary N) is 1. The molecule has 0 aromatic rings. The quantitative estimate of drug-likeness (QED) is 0.779. The van der Waals surface area contributed by atoms with Crippen molar-refractivity contribution in [3.05, 3.63) is 0 Å². The molecule has 0 bridgehead atoms. The van der Waals surface area contributed by atoms with E-state index in [0.29, 0.717) is 5.92 Å². The van der Waals surface area contributed by atoms with Gasteiger partial charge in [0.05, 0.1) is 6.54 Å². The average molecular weight is 232 g/mol. The van der Waals surface area contributed by atoms with Crippen LogP contribution in [-0.2, 0) is 0 Å². The minimum Gasteiger partial charge on any atom is -0.307 e. The number of likely N-dealkylation sites (N-methyl/N-ethyl adjacent to an activating group) is 1. The molecule has 0 aromatic heterocycles. The molecule has 1 heterocycles. The molecule has 0 spiro atoms. The van der Waals surface area contributed by atoms with Crippen LogP contribution in [0, 0.1) is 11.8 Å². The summed E-state index contributed by atoms with van der Waals surface area (Å²) in [6, 6.07) is 0.261. The largest absolute Gasteiger partial charge is 0.307 e. The first-order chi connectivity index (χ1) is 7.63. The summed E-state index contributed by atoms with van der Waals surface area (Å²) in [4.78, 5) is 2.28. The lowest BCUT2D eigenvalue weighted by atomic mass is 9.90. The highest BCUT2D eigenvalue weighted by Gasteiger charge is 2.31. The molecule has 4 heteroatoms. The van der Waals surface area contributed by atoms with Gasteiger partial charge in [0.1, 0.15) is 0 Å². The van der Waals surface area contributed by atoms with Crippen LogP contribution in [0.3, 0.4) is 0 Å². The number of halogens is 2. The molecule has 0 radical (unpaired) electrons. The molecule has 2 unspecified atom stereocenters. The van der Waals surface area contributed by atoms with Gasteiger partial charge >= 0.3 is 0 Å². The topological polar surface area (TPSA) is 15.3 Å². The van der Waals surface area contributed by atoms with Gasteiger partial charge in [-0.05, 0) is 31.7 Å². The molecular weight excluding hydrogens is 210 g/mol. The van der Waals surface area contributed by atoms with E-state index in [-0.39, 0.29) is 12.6 Å². The van der Waals surface area contributed by atoms with Crippen LogP contribution in [0.1, 0.15) is 25.7 Å². The first-order valence-electron chi connectivity index (χ1n) is 6.33. The normalized spacial score (nSPS) is 32.2. The van der Waals surface area contributed by atoms with Crippen LogP contribution >= 0.6 is 0 Å². The zero-order chi connectivity index (χ0) is 11.5. The van der Waals surface area contributed by atoms with Crippen molar-refractivity contribution < 1.29 is 8.78 Å². The second kappa shape index (κ2) is 5.41. The Hall–Kier alpha value is -0.220. The lowest BCUT2D eigenvalue weighted by Crippen LogP contribution is -2.48. The van der Waals surface area contributed by atoms with E-state index < -0.39 is 6.43 Å². The molecule has 2 fully saturated rings. The number of hydrogen-bond acceptors (Lipinski definition) is 2. The number of nitrogens with zero attached hydrogens (tertiary/aromatic N) is 1. The van der Waals surface area contributed by atoms with Crippen LogP contribution in [0.25, 0.3) is 0 Å². The minimum atomic E-state index is -2.23. The summed E-state index contributed by atoms with van der Waals surface area (Å²) in [5.41, 5.74) is 0. The summed E-state index contributed by atoms with van der Waals surface area (Å²) in [5.74, 6) is 1.65. The van der Waals surface area contributed by atoms with Gasteiger partial charge in [0.25, 0.3) is 6.43 Å². The molecule has 2 aliphatic rings. The van der Waals surface area contributed by atoms with E-state index in [4.69, 9.17) is 0 Å². The SMILES string of the molecule is CN1CC(CC2CC2)CC(NCC(F)F)C1. The fourth-order valence-electron chi connectivity index (χ4n) is 2.84. The van der Waals surface area contributed by atoms with Gasteiger partial charge < -0.3 is 10.2 Å². The zero-order valence-corrected chi connectivity index (χ0v) is 9.96. The Morgan fingerprint density at radius 2 is 2.00 bits per heavy atom. The van der Waals surface area contributed by atoms with Crippen LogP contribution in [-0.4, -0.2) is 44.0 Å². The molecular formula is C12H22F2N2. The van der Waals surface area contributed by atoms with Gasteiger partial charge in [-0.3, -0.25) is 0 Å². The maximum atomic E-state index is 12.1. The van der Waals surface area contributed by atoms with Crippen molar-refractivity contribution in [2.75, 3.05) is 26.7 Å². The highest BCUT2D eigenvalue weighted by molar-refractivity contribution is 4.86. The highest BCUT2D eigenvalue weighted by atomic mass is 19.3. The standard InChI is InChI=1S/C12H22F2N2/c1-16-7-10(4-9-2-3-9)5-11(8-16)15-6-12(13)14/h9-12,15H,2-8H2,1H3. The number of rotatable bonds is 5. The fraction of sp³-hybridized carbons (Fsp3) is 1.00. The van der Waals surface area contributed by atoms with Gasteiger partial charge in [-0.2, -0.15) is 0 Å². The molecule has 94 valence electrons. The Bertz CT molecular complexity index is 217. The Morgan fingerprint density at radius 3 is 2.62 bits per heavy atom. The van der Waals surface area contributed by atoms with E-state index in [0.717, 1.165) is 25.4 Å². The van der Waals surface area contributed by atoms with Crippen molar-refractivity contribution in [3.63, 3.8) is 0 Å². The van der Waals surface area contributed by atoms with Gasteiger partial charge in [0, 0.05) is 19.1 Å². The van der Waals surface area contributed by atoms with Crippen LogP contribution in [0.2, 0.25) is 0 Å². The Balaban J connectivity index is 1.74. The van der Waals surface area contributed by atoms with Crippen molar-refractivity contribution in [2.24, 2.45) is 11.8 Å². The van der Waals surface area contributed by atoms with Gasteiger partial charge in [0.2, 0.25) is 0 Å². The zero-order valence-electron chi connectivity index (χ0n) is 9.96. The summed E-state index contributed by atoms with van der Waals surface area (Å²) >= 11 is 0. The first kappa shape index (κ1) is 12.2. The van der Waals surface area contributed by atoms with Crippen molar-refractivity contribution in [1.82, 2.24) is 10.2 Å². The van der Waals surface area contributed by atoms with Crippen LogP contribution in [0.15, 0.2) is 0 Å². The minimum absolute atomic E-state index is 0.158. The molecule has 1 aliphatic carbocycles. The van der Waals surface area contributed by atoms with E-state index in [1.165, 1.54) is 19.3 Å². The van der Waals surface area contributed by atoms with Gasteiger partial charge in [-0.1, -0.05) is 12.8 Å². The van der Waals surface area contributed by atoms with Crippen LogP contribution in [0.5, 0.6) is 0 Å². The van der Waals surface area contributed by atoms with Crippen LogP contribution in [0.4, 0.5) is 8.78 Å². The fourth-order valence-corrected chi connectivity index (χ4v) is 2.84. The molecule has 1 saturated carbocycles. The first-order valence-corrected chi connectivity index (χ1v) is 6.33. The van der Waals surface area contributed by atoms with Crippen LogP contribution < -0.4 is 5.32 Å². The third-order valence-corrected chi connectivity index (χ3v) is 3.64. The second-order valence-electron chi connectivity index (χ2n) is 5.50. The second-order valence-corrected chi connectivity index (χ2v) is 5.50. The maximum Gasteiger partial charge on any atom is 0.250 e. The van der Waals surface area contributed by atoms with E-state index >= 15 is 0 Å². The molecule has 2 nitrogen and oxygen atoms in total. The monoisotopic (exact) mass is 232 g/mol. The third kappa shape index (κ3) is 3.98. The van der Waals surface area contributed by atoms with Gasteiger partial charge in [0.15, 0.2) is 0 Å². The van der Waals surface area contributed by atoms with Gasteiger partial charge in [-0.25, -0.2) is 8.78 Å².